The number of hydrogen-bond acceptors (Lipinski definition) is 6. The molecule has 0 spiro atoms. The van der Waals surface area contributed by atoms with Gasteiger partial charge >= 0.3 is 0 Å². The third-order valence-electron chi connectivity index (χ3n) is 4.17. The minimum atomic E-state index is -1.00. The van der Waals surface area contributed by atoms with Gasteiger partial charge in [0.05, 0.1) is 0 Å². The summed E-state index contributed by atoms with van der Waals surface area (Å²) in [4.78, 5) is 24.0. The molecule has 156 valence electrons. The van der Waals surface area contributed by atoms with E-state index in [1.807, 2.05) is 31.2 Å². The summed E-state index contributed by atoms with van der Waals surface area (Å²) in [5.41, 5.74) is 6.43. The van der Waals surface area contributed by atoms with E-state index in [2.05, 4.69) is 21.0 Å². The first kappa shape index (κ1) is 21.0. The highest BCUT2D eigenvalue weighted by Gasteiger charge is 2.17. The second-order valence-electron chi connectivity index (χ2n) is 6.59. The summed E-state index contributed by atoms with van der Waals surface area (Å²) in [6.07, 6.45) is -0.768. The number of hydrazine groups is 1. The zero-order valence-corrected chi connectivity index (χ0v) is 16.5. The summed E-state index contributed by atoms with van der Waals surface area (Å²) in [6.45, 7) is 3.42. The minimum absolute atomic E-state index is 0.0262. The van der Waals surface area contributed by atoms with Gasteiger partial charge in [-0.2, -0.15) is 0 Å². The molecule has 0 aliphatic carbocycles. The normalized spacial score (nSPS) is 11.6. The number of nitrogens with one attached hydrogen (secondary N) is 2. The monoisotopic (exact) mass is 412 g/mol. The fourth-order valence-electron chi connectivity index (χ4n) is 2.47. The van der Waals surface area contributed by atoms with Gasteiger partial charge in [0.1, 0.15) is 0 Å². The van der Waals surface area contributed by atoms with Crippen LogP contribution in [0.5, 0.6) is 5.75 Å². The summed E-state index contributed by atoms with van der Waals surface area (Å²) >= 11 is 0. The van der Waals surface area contributed by atoms with Crippen molar-refractivity contribution in [2.45, 2.75) is 32.8 Å². The summed E-state index contributed by atoms with van der Waals surface area (Å²) in [5, 5.41) is 7.90. The lowest BCUT2D eigenvalue weighted by Crippen LogP contribution is -2.47. The van der Waals surface area contributed by atoms with Crippen LogP contribution in [0.3, 0.4) is 0 Å². The van der Waals surface area contributed by atoms with Crippen LogP contribution >= 0.6 is 0 Å². The predicted molar refractivity (Wildman–Crippen MR) is 106 cm³/mol. The van der Waals surface area contributed by atoms with E-state index in [1.165, 1.54) is 25.1 Å². The molecule has 8 nitrogen and oxygen atoms in total. The van der Waals surface area contributed by atoms with Gasteiger partial charge in [-0.05, 0) is 38.1 Å². The van der Waals surface area contributed by atoms with Gasteiger partial charge in [-0.3, -0.25) is 20.4 Å². The summed E-state index contributed by atoms with van der Waals surface area (Å²) in [6, 6.07) is 13.4. The molecule has 30 heavy (non-hydrogen) atoms. The van der Waals surface area contributed by atoms with E-state index in [1.54, 1.807) is 6.07 Å². The van der Waals surface area contributed by atoms with Crippen molar-refractivity contribution in [2.24, 2.45) is 0 Å². The number of aromatic nitrogens is 2. The van der Waals surface area contributed by atoms with Gasteiger partial charge in [0.25, 0.3) is 5.91 Å². The second kappa shape index (κ2) is 9.64. The van der Waals surface area contributed by atoms with Crippen LogP contribution in [0.15, 0.2) is 52.9 Å². The van der Waals surface area contributed by atoms with Crippen molar-refractivity contribution in [3.05, 3.63) is 65.8 Å². The molecule has 0 unspecified atom stereocenters. The van der Waals surface area contributed by atoms with Crippen molar-refractivity contribution in [3.63, 3.8) is 0 Å². The number of carbonyl (C=O) groups excluding carboxylic acids is 2. The number of rotatable bonds is 7. The highest BCUT2D eigenvalue weighted by atomic mass is 19.1. The number of amides is 2. The minimum Gasteiger partial charge on any atom is -0.478 e. The van der Waals surface area contributed by atoms with Gasteiger partial charge in [-0.15, -0.1) is 10.2 Å². The van der Waals surface area contributed by atoms with Gasteiger partial charge in [-0.25, -0.2) is 4.39 Å². The molecule has 0 aliphatic heterocycles. The largest absolute Gasteiger partial charge is 0.478 e. The van der Waals surface area contributed by atoms with Crippen molar-refractivity contribution < 1.29 is 23.1 Å². The van der Waals surface area contributed by atoms with Crippen LogP contribution in [0, 0.1) is 12.7 Å². The van der Waals surface area contributed by atoms with Crippen LogP contribution in [-0.4, -0.2) is 28.1 Å². The standard InChI is InChI=1S/C21H21FN4O4/c1-13-7-9-15(10-8-13)21-26-24-19(30-21)12-11-18(27)23-25-20(28)14(2)29-17-6-4-3-5-16(17)22/h3-10,14H,11-12H2,1-2H3,(H,23,27)(H,25,28)/t14-/m0/s1. The number of hydrogen-bond donors (Lipinski definition) is 2. The smallest absolute Gasteiger partial charge is 0.279 e. The zero-order chi connectivity index (χ0) is 21.5. The molecule has 3 aromatic rings. The van der Waals surface area contributed by atoms with Crippen LogP contribution in [0.1, 0.15) is 24.8 Å². The molecule has 3 rings (SSSR count). The van der Waals surface area contributed by atoms with E-state index in [9.17, 15) is 14.0 Å². The van der Waals surface area contributed by atoms with Crippen LogP contribution < -0.4 is 15.6 Å². The van der Waals surface area contributed by atoms with Gasteiger partial charge in [0, 0.05) is 18.4 Å². The maximum Gasteiger partial charge on any atom is 0.279 e. The van der Waals surface area contributed by atoms with E-state index >= 15 is 0 Å². The molecule has 0 bridgehead atoms. The van der Waals surface area contributed by atoms with Crippen molar-refractivity contribution >= 4 is 11.8 Å². The number of ether oxygens (including phenoxy) is 1. The fourth-order valence-corrected chi connectivity index (χ4v) is 2.47. The molecule has 1 atom stereocenters. The molecule has 1 aromatic heterocycles. The quantitative estimate of drug-likeness (QED) is 0.578. The summed E-state index contributed by atoms with van der Waals surface area (Å²) in [5.74, 6) is -1.01. The summed E-state index contributed by atoms with van der Waals surface area (Å²) in [7, 11) is 0. The van der Waals surface area contributed by atoms with Crippen LogP contribution in [0.25, 0.3) is 11.5 Å². The first-order valence-electron chi connectivity index (χ1n) is 9.31. The molecule has 0 radical (unpaired) electrons. The Bertz CT molecular complexity index is 1020. The zero-order valence-electron chi connectivity index (χ0n) is 16.5. The highest BCUT2D eigenvalue weighted by Crippen LogP contribution is 2.19. The molecule has 0 saturated heterocycles. The SMILES string of the molecule is Cc1ccc(-c2nnc(CCC(=O)NNC(=O)[C@H](C)Oc3ccccc3F)o2)cc1. The Morgan fingerprint density at radius 1 is 1.10 bits per heavy atom. The Kier molecular flexibility index (Phi) is 6.74. The maximum absolute atomic E-state index is 13.6. The van der Waals surface area contributed by atoms with Gasteiger partial charge in [0.2, 0.25) is 17.7 Å². The molecular weight excluding hydrogens is 391 g/mol. The molecule has 2 N–H and O–H groups in total. The molecule has 0 saturated carbocycles. The third kappa shape index (κ3) is 5.63. The number of aryl methyl sites for hydroxylation is 2. The average molecular weight is 412 g/mol. The first-order valence-corrected chi connectivity index (χ1v) is 9.31. The maximum atomic E-state index is 13.6. The number of benzene rings is 2. The third-order valence-corrected chi connectivity index (χ3v) is 4.17. The molecule has 2 aromatic carbocycles. The predicted octanol–water partition coefficient (Wildman–Crippen LogP) is 2.73. The fraction of sp³-hybridized carbons (Fsp3) is 0.238. The Balaban J connectivity index is 1.43. The van der Waals surface area contributed by atoms with E-state index in [0.29, 0.717) is 11.8 Å². The number of nitrogens with zero attached hydrogens (tertiary/aromatic N) is 2. The van der Waals surface area contributed by atoms with Crippen molar-refractivity contribution in [1.29, 1.82) is 0 Å². The molecule has 9 heteroatoms. The van der Waals surface area contributed by atoms with Crippen LogP contribution in [-0.2, 0) is 16.0 Å². The Labute approximate surface area is 172 Å². The molecule has 1 heterocycles. The molecule has 0 fully saturated rings. The topological polar surface area (TPSA) is 106 Å². The summed E-state index contributed by atoms with van der Waals surface area (Å²) < 4.78 is 24.4. The van der Waals surface area contributed by atoms with E-state index in [0.717, 1.165) is 11.1 Å². The van der Waals surface area contributed by atoms with Crippen LogP contribution in [0.4, 0.5) is 4.39 Å². The highest BCUT2D eigenvalue weighted by molar-refractivity contribution is 5.84. The molecule has 0 aliphatic rings. The van der Waals surface area contributed by atoms with E-state index in [4.69, 9.17) is 9.15 Å². The lowest BCUT2D eigenvalue weighted by atomic mass is 10.1. The van der Waals surface area contributed by atoms with Gasteiger partial charge in [0.15, 0.2) is 17.7 Å². The number of carbonyl (C=O) groups is 2. The second-order valence-corrected chi connectivity index (χ2v) is 6.59. The van der Waals surface area contributed by atoms with Gasteiger partial charge in [-0.1, -0.05) is 29.8 Å². The Morgan fingerprint density at radius 3 is 2.57 bits per heavy atom. The Morgan fingerprint density at radius 2 is 1.83 bits per heavy atom. The Hall–Kier alpha value is -3.75. The lowest BCUT2D eigenvalue weighted by molar-refractivity contribution is -0.132. The van der Waals surface area contributed by atoms with E-state index in [-0.39, 0.29) is 18.6 Å². The molecule has 2 amide bonds. The average Bonchev–Trinajstić information content (AvgIpc) is 3.21. The number of halogens is 1. The first-order chi connectivity index (χ1) is 14.4. The van der Waals surface area contributed by atoms with Crippen molar-refractivity contribution in [2.75, 3.05) is 0 Å². The van der Waals surface area contributed by atoms with E-state index < -0.39 is 23.7 Å². The number of para-hydroxylation sites is 1. The van der Waals surface area contributed by atoms with Crippen molar-refractivity contribution in [3.8, 4) is 17.2 Å². The lowest BCUT2D eigenvalue weighted by Gasteiger charge is -2.15. The van der Waals surface area contributed by atoms with Crippen molar-refractivity contribution in [1.82, 2.24) is 21.0 Å². The van der Waals surface area contributed by atoms with Gasteiger partial charge < -0.3 is 9.15 Å². The molecular formula is C21H21FN4O4. The van der Waals surface area contributed by atoms with Crippen LogP contribution in [0.2, 0.25) is 0 Å².